The molecule has 0 amide bonds. The minimum atomic E-state index is -0.0665. The second kappa shape index (κ2) is 6.84. The Kier molecular flexibility index (Phi) is 4.63. The molecule has 0 aromatic heterocycles. The molecule has 0 radical (unpaired) electrons. The van der Waals surface area contributed by atoms with Gasteiger partial charge in [0, 0.05) is 24.2 Å². The monoisotopic (exact) mass is 327 g/mol. The van der Waals surface area contributed by atoms with E-state index in [4.69, 9.17) is 11.6 Å². The highest BCUT2D eigenvalue weighted by molar-refractivity contribution is 6.43. The van der Waals surface area contributed by atoms with Gasteiger partial charge >= 0.3 is 0 Å². The maximum absolute atomic E-state index is 12.1. The van der Waals surface area contributed by atoms with Crippen molar-refractivity contribution in [3.8, 4) is 0 Å². The second-order valence-electron chi connectivity index (χ2n) is 5.49. The molecule has 0 fully saturated rings. The average molecular weight is 328 g/mol. The first kappa shape index (κ1) is 15.6. The molecule has 2 aromatic rings. The third kappa shape index (κ3) is 3.54. The Morgan fingerprint density at radius 2 is 1.91 bits per heavy atom. The van der Waals surface area contributed by atoms with Gasteiger partial charge in [0.05, 0.1) is 5.69 Å². The van der Waals surface area contributed by atoms with Crippen LogP contribution in [0.15, 0.2) is 53.6 Å². The van der Waals surface area contributed by atoms with E-state index < -0.39 is 0 Å². The van der Waals surface area contributed by atoms with Gasteiger partial charge in [-0.05, 0) is 48.7 Å². The number of ketones is 1. The van der Waals surface area contributed by atoms with Crippen LogP contribution in [0.5, 0.6) is 0 Å². The van der Waals surface area contributed by atoms with Gasteiger partial charge in [-0.3, -0.25) is 10.2 Å². The molecule has 0 bridgehead atoms. The van der Waals surface area contributed by atoms with Crippen LogP contribution in [0, 0.1) is 0 Å². The molecule has 4 nitrogen and oxygen atoms in total. The van der Waals surface area contributed by atoms with Gasteiger partial charge in [-0.25, -0.2) is 0 Å². The van der Waals surface area contributed by atoms with E-state index in [1.54, 1.807) is 19.1 Å². The van der Waals surface area contributed by atoms with Crippen LogP contribution in [0.25, 0.3) is 0 Å². The van der Waals surface area contributed by atoms with Crippen LogP contribution in [-0.4, -0.2) is 18.2 Å². The largest absolute Gasteiger partial charge is 0.322 e. The summed E-state index contributed by atoms with van der Waals surface area (Å²) in [5, 5.41) is 5.01. The van der Waals surface area contributed by atoms with Gasteiger partial charge in [0.15, 0.2) is 11.6 Å². The predicted molar refractivity (Wildman–Crippen MR) is 95.3 cm³/mol. The number of carbonyl (C=O) groups is 1. The molecule has 0 unspecified atom stereocenters. The van der Waals surface area contributed by atoms with Crippen molar-refractivity contribution >= 4 is 34.6 Å². The van der Waals surface area contributed by atoms with Crippen LogP contribution in [0.1, 0.15) is 18.9 Å². The summed E-state index contributed by atoms with van der Waals surface area (Å²) in [6, 6.07) is 15.4. The summed E-state index contributed by atoms with van der Waals surface area (Å²) < 4.78 is 0. The third-order valence-corrected chi connectivity index (χ3v) is 4.07. The van der Waals surface area contributed by atoms with Gasteiger partial charge in [-0.15, -0.1) is 0 Å². The van der Waals surface area contributed by atoms with Crippen LogP contribution in [-0.2, 0) is 11.2 Å². The van der Waals surface area contributed by atoms with Gasteiger partial charge < -0.3 is 4.90 Å². The van der Waals surface area contributed by atoms with E-state index in [9.17, 15) is 4.79 Å². The van der Waals surface area contributed by atoms with Crippen LogP contribution in [0.2, 0.25) is 5.02 Å². The number of nitrogens with one attached hydrogen (secondary N) is 1. The number of Topliss-reactive ketones (excluding diaryl/α,β-unsaturated/α-hetero) is 1. The SMILES string of the molecule is CC(=O)/C(=N\Nc1ccc(Cl)cc1)N1CCCc2ccccc21. The maximum atomic E-state index is 12.1. The van der Waals surface area contributed by atoms with Crippen molar-refractivity contribution in [3.63, 3.8) is 0 Å². The summed E-state index contributed by atoms with van der Waals surface area (Å²) in [5.41, 5.74) is 6.05. The molecule has 2 aromatic carbocycles. The first-order valence-corrected chi connectivity index (χ1v) is 7.98. The van der Waals surface area contributed by atoms with Crippen molar-refractivity contribution in [1.82, 2.24) is 0 Å². The predicted octanol–water partition coefficient (Wildman–Crippen LogP) is 4.11. The van der Waals surface area contributed by atoms with Crippen molar-refractivity contribution in [1.29, 1.82) is 0 Å². The molecule has 0 saturated heterocycles. The number of nitrogens with zero attached hydrogens (tertiary/aromatic N) is 2. The number of carbonyl (C=O) groups excluding carboxylic acids is 1. The van der Waals surface area contributed by atoms with Crippen molar-refractivity contribution < 1.29 is 4.79 Å². The Bertz CT molecular complexity index is 740. The zero-order chi connectivity index (χ0) is 16.2. The molecule has 1 N–H and O–H groups in total. The van der Waals surface area contributed by atoms with E-state index >= 15 is 0 Å². The molecule has 5 heteroatoms. The molecular formula is C18H18ClN3O. The lowest BCUT2D eigenvalue weighted by Crippen LogP contribution is -2.39. The molecule has 1 aliphatic heterocycles. The number of anilines is 2. The number of halogens is 1. The fourth-order valence-electron chi connectivity index (χ4n) is 2.72. The quantitative estimate of drug-likeness (QED) is 0.524. The minimum Gasteiger partial charge on any atom is -0.322 e. The third-order valence-electron chi connectivity index (χ3n) is 3.82. The van der Waals surface area contributed by atoms with Gasteiger partial charge in [-0.1, -0.05) is 29.8 Å². The van der Waals surface area contributed by atoms with Gasteiger partial charge in [0.25, 0.3) is 0 Å². The molecule has 0 saturated carbocycles. The highest BCUT2D eigenvalue weighted by Crippen LogP contribution is 2.27. The van der Waals surface area contributed by atoms with Crippen molar-refractivity contribution in [2.45, 2.75) is 19.8 Å². The van der Waals surface area contributed by atoms with Crippen LogP contribution in [0.3, 0.4) is 0 Å². The van der Waals surface area contributed by atoms with Crippen LogP contribution in [0.4, 0.5) is 11.4 Å². The summed E-state index contributed by atoms with van der Waals surface area (Å²) in [7, 11) is 0. The van der Waals surface area contributed by atoms with Gasteiger partial charge in [0.1, 0.15) is 0 Å². The Balaban J connectivity index is 1.89. The zero-order valence-corrected chi connectivity index (χ0v) is 13.7. The lowest BCUT2D eigenvalue weighted by Gasteiger charge is -2.30. The molecule has 0 atom stereocenters. The summed E-state index contributed by atoms with van der Waals surface area (Å²) in [5.74, 6) is 0.357. The second-order valence-corrected chi connectivity index (χ2v) is 5.93. The molecule has 3 rings (SSSR count). The topological polar surface area (TPSA) is 44.7 Å². The number of para-hydroxylation sites is 1. The molecular weight excluding hydrogens is 310 g/mol. The lowest BCUT2D eigenvalue weighted by molar-refractivity contribution is -0.111. The van der Waals surface area contributed by atoms with Crippen molar-refractivity contribution in [2.75, 3.05) is 16.9 Å². The summed E-state index contributed by atoms with van der Waals surface area (Å²) in [6.45, 7) is 2.33. The molecule has 0 aliphatic carbocycles. The first-order chi connectivity index (χ1) is 11.1. The summed E-state index contributed by atoms with van der Waals surface area (Å²) in [6.07, 6.45) is 2.03. The fourth-order valence-corrected chi connectivity index (χ4v) is 2.85. The number of amidine groups is 1. The van der Waals surface area contributed by atoms with Crippen molar-refractivity contribution in [3.05, 3.63) is 59.1 Å². The van der Waals surface area contributed by atoms with E-state index in [0.29, 0.717) is 10.9 Å². The Morgan fingerprint density at radius 1 is 1.17 bits per heavy atom. The zero-order valence-electron chi connectivity index (χ0n) is 12.9. The highest BCUT2D eigenvalue weighted by atomic mass is 35.5. The number of benzene rings is 2. The molecule has 23 heavy (non-hydrogen) atoms. The molecule has 118 valence electrons. The smallest absolute Gasteiger partial charge is 0.197 e. The number of fused-ring (bicyclic) bond motifs is 1. The number of aryl methyl sites for hydroxylation is 1. The van der Waals surface area contributed by atoms with Crippen LogP contribution >= 0.6 is 11.6 Å². The Morgan fingerprint density at radius 3 is 2.65 bits per heavy atom. The molecule has 1 heterocycles. The van der Waals surface area contributed by atoms with Crippen LogP contribution < -0.4 is 10.3 Å². The number of rotatable bonds is 3. The van der Waals surface area contributed by atoms with E-state index in [1.807, 2.05) is 35.2 Å². The lowest BCUT2D eigenvalue weighted by atomic mass is 10.0. The highest BCUT2D eigenvalue weighted by Gasteiger charge is 2.23. The molecule has 1 aliphatic rings. The Labute approximate surface area is 140 Å². The van der Waals surface area contributed by atoms with Gasteiger partial charge in [0.2, 0.25) is 0 Å². The Hall–Kier alpha value is -2.33. The van der Waals surface area contributed by atoms with E-state index in [0.717, 1.165) is 30.8 Å². The van der Waals surface area contributed by atoms with E-state index in [1.165, 1.54) is 5.56 Å². The fraction of sp³-hybridized carbons (Fsp3) is 0.222. The van der Waals surface area contributed by atoms with E-state index in [-0.39, 0.29) is 5.78 Å². The van der Waals surface area contributed by atoms with Crippen molar-refractivity contribution in [2.24, 2.45) is 5.10 Å². The number of hydrogen-bond donors (Lipinski definition) is 1. The molecule has 0 spiro atoms. The number of hydrogen-bond acceptors (Lipinski definition) is 3. The normalized spacial score (nSPS) is 14.3. The standard InChI is InChI=1S/C18H18ClN3O/c1-13(23)18(21-20-16-10-8-15(19)9-11-16)22-12-4-6-14-5-2-3-7-17(14)22/h2-3,5,7-11,20H,4,6,12H2,1H3/b21-18+. The van der Waals surface area contributed by atoms with E-state index in [2.05, 4.69) is 16.6 Å². The maximum Gasteiger partial charge on any atom is 0.197 e. The summed E-state index contributed by atoms with van der Waals surface area (Å²) >= 11 is 5.88. The number of hydrazone groups is 1. The first-order valence-electron chi connectivity index (χ1n) is 7.61. The average Bonchev–Trinajstić information content (AvgIpc) is 2.56. The van der Waals surface area contributed by atoms with Gasteiger partial charge in [-0.2, -0.15) is 5.10 Å². The minimum absolute atomic E-state index is 0.0665. The summed E-state index contributed by atoms with van der Waals surface area (Å²) in [4.78, 5) is 14.1.